The molecule has 0 heterocycles. The fourth-order valence-electron chi connectivity index (χ4n) is 3.93. The minimum Gasteiger partial charge on any atom is -1.00 e. The minimum absolute atomic E-state index is 0. The quantitative estimate of drug-likeness (QED) is 0.230. The van der Waals surface area contributed by atoms with E-state index in [1.54, 1.807) is 9.80 Å². The molecule has 200 valence electrons. The first-order valence-corrected chi connectivity index (χ1v) is 14.1. The van der Waals surface area contributed by atoms with E-state index in [0.717, 1.165) is 0 Å². The van der Waals surface area contributed by atoms with Gasteiger partial charge in [0.15, 0.2) is 0 Å². The SMILES string of the molecule is CCCCCCCCCCCC[NH+](C)C.CCCCCCCCCCCC[NH+](C)C.[Cl-].[OH-]. The average molecular weight is 481 g/mol. The zero-order valence-corrected chi connectivity index (χ0v) is 24.1. The van der Waals surface area contributed by atoms with E-state index in [1.165, 1.54) is 142 Å². The van der Waals surface area contributed by atoms with Crippen molar-refractivity contribution >= 4 is 0 Å². The molecule has 0 aliphatic heterocycles. The van der Waals surface area contributed by atoms with Crippen LogP contribution in [0.5, 0.6) is 0 Å². The molecule has 0 amide bonds. The molecular formula is C28H65ClN2O. The molecule has 32 heavy (non-hydrogen) atoms. The fourth-order valence-corrected chi connectivity index (χ4v) is 3.93. The van der Waals surface area contributed by atoms with Crippen LogP contribution in [0.15, 0.2) is 0 Å². The van der Waals surface area contributed by atoms with E-state index in [0.29, 0.717) is 0 Å². The molecule has 0 spiro atoms. The largest absolute Gasteiger partial charge is 1.00 e. The van der Waals surface area contributed by atoms with E-state index >= 15 is 0 Å². The first-order chi connectivity index (χ1) is 14.5. The third kappa shape index (κ3) is 43.9. The molecule has 0 unspecified atom stereocenters. The van der Waals surface area contributed by atoms with Gasteiger partial charge in [0.1, 0.15) is 0 Å². The second-order valence-corrected chi connectivity index (χ2v) is 10.3. The predicted octanol–water partition coefficient (Wildman–Crippen LogP) is 2.93. The summed E-state index contributed by atoms with van der Waals surface area (Å²) in [5.74, 6) is 0. The highest BCUT2D eigenvalue weighted by molar-refractivity contribution is 4.47. The molecule has 0 aliphatic carbocycles. The lowest BCUT2D eigenvalue weighted by Crippen LogP contribution is -3.05. The fraction of sp³-hybridized carbons (Fsp3) is 1.00. The van der Waals surface area contributed by atoms with E-state index in [9.17, 15) is 0 Å². The Bertz CT molecular complexity index is 261. The number of hydrogen-bond donors (Lipinski definition) is 2. The van der Waals surface area contributed by atoms with Crippen LogP contribution in [0, 0.1) is 0 Å². The molecule has 0 saturated heterocycles. The molecule has 3 nitrogen and oxygen atoms in total. The molecule has 0 fully saturated rings. The first kappa shape index (κ1) is 39.4. The van der Waals surface area contributed by atoms with Crippen LogP contribution in [0.3, 0.4) is 0 Å². The van der Waals surface area contributed by atoms with E-state index in [4.69, 9.17) is 0 Å². The van der Waals surface area contributed by atoms with Crippen LogP contribution in [-0.4, -0.2) is 46.8 Å². The van der Waals surface area contributed by atoms with Gasteiger partial charge >= 0.3 is 0 Å². The standard InChI is InChI=1S/2C14H31N.ClH.H2O/c2*1-4-5-6-7-8-9-10-11-12-13-14-15(2)3;;/h2*4-14H2,1-3H3;1H;1H2. The number of quaternary nitrogens is 2. The van der Waals surface area contributed by atoms with Gasteiger partial charge in [0.05, 0.1) is 41.3 Å². The Morgan fingerprint density at radius 3 is 0.719 bits per heavy atom. The third-order valence-corrected chi connectivity index (χ3v) is 6.06. The van der Waals surface area contributed by atoms with Crippen molar-refractivity contribution in [3.8, 4) is 0 Å². The lowest BCUT2D eigenvalue weighted by molar-refractivity contribution is -0.858. The Kier molecular flexibility index (Phi) is 44.0. The molecule has 0 atom stereocenters. The maximum Gasteiger partial charge on any atom is 0.0766 e. The van der Waals surface area contributed by atoms with Crippen LogP contribution in [0.25, 0.3) is 0 Å². The first-order valence-electron chi connectivity index (χ1n) is 14.1. The molecule has 0 saturated carbocycles. The topological polar surface area (TPSA) is 38.9 Å². The monoisotopic (exact) mass is 480 g/mol. The maximum atomic E-state index is 2.28. The summed E-state index contributed by atoms with van der Waals surface area (Å²) >= 11 is 0. The van der Waals surface area contributed by atoms with Gasteiger partial charge in [0, 0.05) is 0 Å². The number of hydrogen-bond acceptors (Lipinski definition) is 1. The highest BCUT2D eigenvalue weighted by Crippen LogP contribution is 2.10. The van der Waals surface area contributed by atoms with Gasteiger partial charge in [-0.15, -0.1) is 0 Å². The number of nitrogens with one attached hydrogen (secondary N) is 2. The van der Waals surface area contributed by atoms with Crippen LogP contribution < -0.4 is 22.2 Å². The molecular weight excluding hydrogens is 416 g/mol. The van der Waals surface area contributed by atoms with Gasteiger partial charge in [-0.25, -0.2) is 0 Å². The maximum absolute atomic E-state index is 2.28. The molecule has 4 heteroatoms. The van der Waals surface area contributed by atoms with Gasteiger partial charge in [-0.1, -0.05) is 117 Å². The van der Waals surface area contributed by atoms with Crippen molar-refractivity contribution in [3.05, 3.63) is 0 Å². The summed E-state index contributed by atoms with van der Waals surface area (Å²) in [6.45, 7) is 7.26. The lowest BCUT2D eigenvalue weighted by Gasteiger charge is -2.06. The summed E-state index contributed by atoms with van der Waals surface area (Å²) < 4.78 is 0. The molecule has 0 rings (SSSR count). The Balaban J connectivity index is -0.000000231. The number of rotatable bonds is 22. The van der Waals surface area contributed by atoms with Gasteiger partial charge < -0.3 is 27.7 Å². The Hall–Kier alpha value is 0.170. The molecule has 0 bridgehead atoms. The van der Waals surface area contributed by atoms with Crippen molar-refractivity contribution in [1.82, 2.24) is 0 Å². The number of unbranched alkanes of at least 4 members (excludes halogenated alkanes) is 18. The minimum atomic E-state index is 0. The van der Waals surface area contributed by atoms with Crippen molar-refractivity contribution < 1.29 is 27.7 Å². The second kappa shape index (κ2) is 35.8. The zero-order valence-electron chi connectivity index (χ0n) is 23.4. The van der Waals surface area contributed by atoms with Crippen LogP contribution in [-0.2, 0) is 0 Å². The summed E-state index contributed by atoms with van der Waals surface area (Å²) in [7, 11) is 8.98. The molecule has 0 aromatic rings. The van der Waals surface area contributed by atoms with Crippen LogP contribution in [0.1, 0.15) is 142 Å². The van der Waals surface area contributed by atoms with Crippen LogP contribution in [0.2, 0.25) is 0 Å². The van der Waals surface area contributed by atoms with Crippen molar-refractivity contribution in [2.24, 2.45) is 0 Å². The Morgan fingerprint density at radius 2 is 0.531 bits per heavy atom. The second-order valence-electron chi connectivity index (χ2n) is 10.3. The molecule has 0 aromatic carbocycles. The lowest BCUT2D eigenvalue weighted by atomic mass is 10.1. The van der Waals surface area contributed by atoms with Crippen molar-refractivity contribution in [1.29, 1.82) is 0 Å². The van der Waals surface area contributed by atoms with Gasteiger partial charge in [0.2, 0.25) is 0 Å². The zero-order chi connectivity index (χ0) is 22.7. The molecule has 3 N–H and O–H groups in total. The highest BCUT2D eigenvalue weighted by atomic mass is 35.5. The van der Waals surface area contributed by atoms with Crippen molar-refractivity contribution in [2.75, 3.05) is 41.3 Å². The van der Waals surface area contributed by atoms with E-state index in [1.807, 2.05) is 0 Å². The van der Waals surface area contributed by atoms with E-state index in [-0.39, 0.29) is 17.9 Å². The molecule has 0 radical (unpaired) electrons. The van der Waals surface area contributed by atoms with Gasteiger partial charge in [-0.3, -0.25) is 0 Å². The smallest absolute Gasteiger partial charge is 0.0766 e. The normalized spacial score (nSPS) is 10.5. The van der Waals surface area contributed by atoms with Crippen molar-refractivity contribution in [3.63, 3.8) is 0 Å². The summed E-state index contributed by atoms with van der Waals surface area (Å²) in [5, 5.41) is 0. The highest BCUT2D eigenvalue weighted by Gasteiger charge is 1.96. The summed E-state index contributed by atoms with van der Waals surface area (Å²) in [6, 6.07) is 0. The predicted molar refractivity (Wildman–Crippen MR) is 141 cm³/mol. The van der Waals surface area contributed by atoms with Crippen molar-refractivity contribution in [2.45, 2.75) is 142 Å². The third-order valence-electron chi connectivity index (χ3n) is 6.06. The Morgan fingerprint density at radius 1 is 0.344 bits per heavy atom. The van der Waals surface area contributed by atoms with Crippen LogP contribution in [0.4, 0.5) is 0 Å². The Labute approximate surface area is 211 Å². The van der Waals surface area contributed by atoms with Crippen LogP contribution >= 0.6 is 0 Å². The molecule has 0 aromatic heterocycles. The van der Waals surface area contributed by atoms with Gasteiger partial charge in [-0.05, 0) is 25.7 Å². The average Bonchev–Trinajstić information content (AvgIpc) is 2.71. The van der Waals surface area contributed by atoms with Gasteiger partial charge in [0.25, 0.3) is 0 Å². The molecule has 0 aliphatic rings. The van der Waals surface area contributed by atoms with E-state index in [2.05, 4.69) is 42.0 Å². The summed E-state index contributed by atoms with van der Waals surface area (Å²) in [6.07, 6.45) is 28.9. The number of halogens is 1. The van der Waals surface area contributed by atoms with E-state index < -0.39 is 0 Å². The summed E-state index contributed by atoms with van der Waals surface area (Å²) in [5.41, 5.74) is 0. The van der Waals surface area contributed by atoms with Gasteiger partial charge in [-0.2, -0.15) is 0 Å². The summed E-state index contributed by atoms with van der Waals surface area (Å²) in [4.78, 5) is 3.18.